The van der Waals surface area contributed by atoms with Crippen LogP contribution in [0.2, 0.25) is 0 Å². The van der Waals surface area contributed by atoms with Gasteiger partial charge in [0.2, 0.25) is 0 Å². The summed E-state index contributed by atoms with van der Waals surface area (Å²) in [5, 5.41) is 14.3. The number of benzene rings is 2. The molecular weight excluding hydrogens is 375 g/mol. The number of alkyl halides is 3. The van der Waals surface area contributed by atoms with Crippen molar-refractivity contribution in [3.05, 3.63) is 69.8 Å². The fourth-order valence-electron chi connectivity index (χ4n) is 3.17. The average molecular weight is 393 g/mol. The zero-order valence-electron chi connectivity index (χ0n) is 14.8. The quantitative estimate of drug-likeness (QED) is 0.615. The molecule has 0 spiro atoms. The van der Waals surface area contributed by atoms with E-state index in [0.29, 0.717) is 5.69 Å². The molecule has 0 bridgehead atoms. The second-order valence-corrected chi connectivity index (χ2v) is 6.56. The summed E-state index contributed by atoms with van der Waals surface area (Å²) in [7, 11) is 0. The summed E-state index contributed by atoms with van der Waals surface area (Å²) in [6.07, 6.45) is -2.71. The molecule has 0 aromatic heterocycles. The fraction of sp³-hybridized carbons (Fsp3) is 0.316. The minimum Gasteiger partial charge on any atom is -0.312 e. The number of hydrogen-bond donors (Lipinski definition) is 1. The molecule has 0 radical (unpaired) electrons. The van der Waals surface area contributed by atoms with Gasteiger partial charge in [0.1, 0.15) is 0 Å². The predicted molar refractivity (Wildman–Crippen MR) is 97.2 cm³/mol. The Kier molecular flexibility index (Phi) is 5.64. The SMILES string of the molecule is O=C(c1ccc(C(F)(F)F)cc1)N(C[C@@H]1CCCN1)c1cccc([N+](=O)[O-])c1. The minimum absolute atomic E-state index is 0.0117. The first-order valence-electron chi connectivity index (χ1n) is 8.72. The van der Waals surface area contributed by atoms with Crippen LogP contribution in [0.15, 0.2) is 48.5 Å². The zero-order valence-corrected chi connectivity index (χ0v) is 14.8. The van der Waals surface area contributed by atoms with E-state index < -0.39 is 22.6 Å². The van der Waals surface area contributed by atoms with Gasteiger partial charge in [0.05, 0.1) is 16.2 Å². The van der Waals surface area contributed by atoms with E-state index in [4.69, 9.17) is 0 Å². The van der Waals surface area contributed by atoms with Crippen LogP contribution in [-0.2, 0) is 6.18 Å². The first-order chi connectivity index (χ1) is 13.3. The molecule has 3 rings (SSSR count). The van der Waals surface area contributed by atoms with Crippen molar-refractivity contribution in [3.8, 4) is 0 Å². The summed E-state index contributed by atoms with van der Waals surface area (Å²) in [4.78, 5) is 24.9. The smallest absolute Gasteiger partial charge is 0.312 e. The summed E-state index contributed by atoms with van der Waals surface area (Å²) in [6.45, 7) is 1.07. The summed E-state index contributed by atoms with van der Waals surface area (Å²) < 4.78 is 38.3. The van der Waals surface area contributed by atoms with Crippen LogP contribution in [0.5, 0.6) is 0 Å². The van der Waals surface area contributed by atoms with Crippen LogP contribution < -0.4 is 10.2 Å². The number of anilines is 1. The van der Waals surface area contributed by atoms with Gasteiger partial charge in [-0.2, -0.15) is 13.2 Å². The Bertz CT molecular complexity index is 863. The van der Waals surface area contributed by atoms with Crippen molar-refractivity contribution in [1.82, 2.24) is 5.32 Å². The predicted octanol–water partition coefficient (Wildman–Crippen LogP) is 4.01. The molecule has 9 heteroatoms. The molecule has 1 N–H and O–H groups in total. The topological polar surface area (TPSA) is 75.5 Å². The molecule has 0 saturated carbocycles. The summed E-state index contributed by atoms with van der Waals surface area (Å²) in [6, 6.07) is 9.62. The van der Waals surface area contributed by atoms with Crippen molar-refractivity contribution >= 4 is 17.3 Å². The molecule has 1 aliphatic rings. The van der Waals surface area contributed by atoms with Crippen LogP contribution in [0.3, 0.4) is 0 Å². The third-order valence-electron chi connectivity index (χ3n) is 4.62. The molecule has 1 aliphatic heterocycles. The number of hydrogen-bond acceptors (Lipinski definition) is 4. The van der Waals surface area contributed by atoms with Crippen molar-refractivity contribution in [1.29, 1.82) is 0 Å². The first kappa shape index (κ1) is 19.8. The maximum absolute atomic E-state index is 13.0. The zero-order chi connectivity index (χ0) is 20.3. The van der Waals surface area contributed by atoms with E-state index in [1.54, 1.807) is 6.07 Å². The lowest BCUT2D eigenvalue weighted by atomic mass is 10.1. The van der Waals surface area contributed by atoms with Gasteiger partial charge >= 0.3 is 6.18 Å². The second-order valence-electron chi connectivity index (χ2n) is 6.56. The Morgan fingerprint density at radius 1 is 1.21 bits per heavy atom. The Morgan fingerprint density at radius 3 is 2.50 bits per heavy atom. The van der Waals surface area contributed by atoms with Crippen LogP contribution in [0.4, 0.5) is 24.5 Å². The van der Waals surface area contributed by atoms with E-state index in [2.05, 4.69) is 5.32 Å². The number of carbonyl (C=O) groups excluding carboxylic acids is 1. The molecule has 0 aliphatic carbocycles. The standard InChI is InChI=1S/C19H18F3N3O3/c20-19(21,22)14-8-6-13(7-9-14)18(26)24(12-15-3-2-10-23-15)16-4-1-5-17(11-16)25(27)28/h1,4-9,11,15,23H,2-3,10,12H2/t15-/m0/s1. The van der Waals surface area contributed by atoms with Gasteiger partial charge in [0.25, 0.3) is 11.6 Å². The van der Waals surface area contributed by atoms with Crippen LogP contribution in [0, 0.1) is 10.1 Å². The van der Waals surface area contributed by atoms with Crippen molar-refractivity contribution in [2.45, 2.75) is 25.1 Å². The Labute approximate surface area is 159 Å². The number of halogens is 3. The van der Waals surface area contributed by atoms with Crippen LogP contribution >= 0.6 is 0 Å². The number of nitrogens with one attached hydrogen (secondary N) is 1. The van der Waals surface area contributed by atoms with E-state index in [1.165, 1.54) is 23.1 Å². The van der Waals surface area contributed by atoms with Crippen LogP contribution in [0.25, 0.3) is 0 Å². The van der Waals surface area contributed by atoms with E-state index >= 15 is 0 Å². The summed E-state index contributed by atoms with van der Waals surface area (Å²) in [5.74, 6) is -0.511. The number of non-ortho nitro benzene ring substituents is 1. The molecule has 0 unspecified atom stereocenters. The Hall–Kier alpha value is -2.94. The van der Waals surface area contributed by atoms with E-state index in [9.17, 15) is 28.1 Å². The average Bonchev–Trinajstić information content (AvgIpc) is 3.18. The van der Waals surface area contributed by atoms with Crippen molar-refractivity contribution in [2.75, 3.05) is 18.0 Å². The minimum atomic E-state index is -4.49. The normalized spacial score (nSPS) is 16.8. The third-order valence-corrected chi connectivity index (χ3v) is 4.62. The molecule has 1 amide bonds. The number of amides is 1. The van der Waals surface area contributed by atoms with Gasteiger partial charge < -0.3 is 10.2 Å². The Balaban J connectivity index is 1.92. The van der Waals surface area contributed by atoms with Gasteiger partial charge in [-0.05, 0) is 49.7 Å². The number of nitrogens with zero attached hydrogens (tertiary/aromatic N) is 2. The van der Waals surface area contributed by atoms with Gasteiger partial charge in [0.15, 0.2) is 0 Å². The molecule has 1 saturated heterocycles. The largest absolute Gasteiger partial charge is 0.416 e. The van der Waals surface area contributed by atoms with Gasteiger partial charge in [-0.3, -0.25) is 14.9 Å². The molecule has 148 valence electrons. The number of carbonyl (C=O) groups is 1. The van der Waals surface area contributed by atoms with Crippen LogP contribution in [-0.4, -0.2) is 30.0 Å². The highest BCUT2D eigenvalue weighted by Crippen LogP contribution is 2.30. The van der Waals surface area contributed by atoms with Crippen molar-refractivity contribution in [3.63, 3.8) is 0 Å². The molecule has 28 heavy (non-hydrogen) atoms. The third kappa shape index (κ3) is 4.48. The molecule has 1 heterocycles. The van der Waals surface area contributed by atoms with Crippen LogP contribution in [0.1, 0.15) is 28.8 Å². The van der Waals surface area contributed by atoms with E-state index in [1.807, 2.05) is 0 Å². The van der Waals surface area contributed by atoms with Crippen molar-refractivity contribution in [2.24, 2.45) is 0 Å². The van der Waals surface area contributed by atoms with Gasteiger partial charge in [-0.15, -0.1) is 0 Å². The monoisotopic (exact) mass is 393 g/mol. The number of rotatable bonds is 5. The van der Waals surface area contributed by atoms with E-state index in [0.717, 1.165) is 43.7 Å². The Morgan fingerprint density at radius 2 is 1.93 bits per heavy atom. The summed E-state index contributed by atoms with van der Waals surface area (Å²) in [5.41, 5.74) is -0.601. The maximum Gasteiger partial charge on any atom is 0.416 e. The van der Waals surface area contributed by atoms with Gasteiger partial charge in [0, 0.05) is 30.3 Å². The van der Waals surface area contributed by atoms with Gasteiger partial charge in [-0.25, -0.2) is 0 Å². The maximum atomic E-state index is 13.0. The molecule has 1 fully saturated rings. The fourth-order valence-corrected chi connectivity index (χ4v) is 3.17. The number of nitro benzene ring substituents is 1. The lowest BCUT2D eigenvalue weighted by Crippen LogP contribution is -2.41. The van der Waals surface area contributed by atoms with Crippen molar-refractivity contribution < 1.29 is 22.9 Å². The lowest BCUT2D eigenvalue weighted by Gasteiger charge is -2.26. The highest BCUT2D eigenvalue weighted by Gasteiger charge is 2.31. The highest BCUT2D eigenvalue weighted by atomic mass is 19.4. The highest BCUT2D eigenvalue weighted by molar-refractivity contribution is 6.06. The van der Waals surface area contributed by atoms with Gasteiger partial charge in [-0.1, -0.05) is 6.07 Å². The van der Waals surface area contributed by atoms with E-state index in [-0.39, 0.29) is 23.8 Å². The lowest BCUT2D eigenvalue weighted by molar-refractivity contribution is -0.384. The molecular formula is C19H18F3N3O3. The summed E-state index contributed by atoms with van der Waals surface area (Å²) >= 11 is 0. The number of nitro groups is 1. The first-order valence-corrected chi connectivity index (χ1v) is 8.72. The molecule has 2 aromatic rings. The molecule has 2 aromatic carbocycles. The molecule has 1 atom stereocenters. The second kappa shape index (κ2) is 7.97. The molecule has 6 nitrogen and oxygen atoms in total.